The second-order valence-corrected chi connectivity index (χ2v) is 5.21. The van der Waals surface area contributed by atoms with Gasteiger partial charge >= 0.3 is 0 Å². The van der Waals surface area contributed by atoms with Gasteiger partial charge in [0.1, 0.15) is 0 Å². The predicted octanol–water partition coefficient (Wildman–Crippen LogP) is 1.14. The molecule has 1 fully saturated rings. The average molecular weight is 189 g/mol. The first kappa shape index (κ1) is 10.2. The first-order valence-electron chi connectivity index (χ1n) is 4.71. The molecule has 1 N–H and O–H groups in total. The van der Waals surface area contributed by atoms with Crippen molar-refractivity contribution in [3.63, 3.8) is 0 Å². The Kier molecular flexibility index (Phi) is 4.22. The summed E-state index contributed by atoms with van der Waals surface area (Å²) in [5.41, 5.74) is 0. The van der Waals surface area contributed by atoms with Gasteiger partial charge in [-0.25, -0.2) is 0 Å². The van der Waals surface area contributed by atoms with Gasteiger partial charge in [-0.15, -0.1) is 0 Å². The van der Waals surface area contributed by atoms with Crippen LogP contribution in [0.1, 0.15) is 25.7 Å². The maximum Gasteiger partial charge on any atom is 0.0235 e. The molecule has 0 saturated heterocycles. The van der Waals surface area contributed by atoms with Gasteiger partial charge in [-0.1, -0.05) is 6.42 Å². The molecule has 3 unspecified atom stereocenters. The summed E-state index contributed by atoms with van der Waals surface area (Å²) >= 11 is 0. The highest BCUT2D eigenvalue weighted by atomic mass is 32.2. The van der Waals surface area contributed by atoms with Crippen molar-refractivity contribution in [2.45, 2.75) is 31.7 Å². The molecular formula is C9H19NOS. The largest absolute Gasteiger partial charge is 0.317 e. The van der Waals surface area contributed by atoms with Crippen molar-refractivity contribution in [3.05, 3.63) is 0 Å². The smallest absolute Gasteiger partial charge is 0.0235 e. The number of hydrogen-bond acceptors (Lipinski definition) is 2. The van der Waals surface area contributed by atoms with E-state index < -0.39 is 10.8 Å². The topological polar surface area (TPSA) is 29.1 Å². The van der Waals surface area contributed by atoms with E-state index in [1.54, 1.807) is 6.26 Å². The van der Waals surface area contributed by atoms with Crippen molar-refractivity contribution in [2.24, 2.45) is 5.92 Å². The summed E-state index contributed by atoms with van der Waals surface area (Å²) in [6, 6.07) is 0.688. The molecule has 1 rings (SSSR count). The minimum absolute atomic E-state index is 0.606. The molecule has 2 nitrogen and oxygen atoms in total. The van der Waals surface area contributed by atoms with Gasteiger partial charge in [0.05, 0.1) is 0 Å². The van der Waals surface area contributed by atoms with Crippen LogP contribution in [0.5, 0.6) is 0 Å². The Morgan fingerprint density at radius 3 is 2.83 bits per heavy atom. The van der Waals surface area contributed by atoms with E-state index in [-0.39, 0.29) is 0 Å². The average Bonchev–Trinajstić information content (AvgIpc) is 2.47. The van der Waals surface area contributed by atoms with Crippen LogP contribution >= 0.6 is 0 Å². The van der Waals surface area contributed by atoms with Gasteiger partial charge in [0.25, 0.3) is 0 Å². The van der Waals surface area contributed by atoms with E-state index in [1.807, 2.05) is 7.05 Å². The van der Waals surface area contributed by atoms with Gasteiger partial charge in [0.15, 0.2) is 0 Å². The first-order valence-corrected chi connectivity index (χ1v) is 6.44. The van der Waals surface area contributed by atoms with Crippen molar-refractivity contribution in [3.8, 4) is 0 Å². The standard InChI is InChI=1S/C9H19NOS/c1-10-9-5-3-4-8(9)6-7-12(2)11/h8-10H,3-7H2,1-2H3. The van der Waals surface area contributed by atoms with Gasteiger partial charge in [-0.05, 0) is 32.2 Å². The normalized spacial score (nSPS) is 32.2. The third kappa shape index (κ3) is 2.87. The summed E-state index contributed by atoms with van der Waals surface area (Å²) in [6.45, 7) is 0. The minimum Gasteiger partial charge on any atom is -0.317 e. The minimum atomic E-state index is -0.606. The van der Waals surface area contributed by atoms with Crippen LogP contribution in [0.3, 0.4) is 0 Å². The summed E-state index contributed by atoms with van der Waals surface area (Å²) in [4.78, 5) is 0. The molecule has 72 valence electrons. The van der Waals surface area contributed by atoms with Gasteiger partial charge in [0.2, 0.25) is 0 Å². The summed E-state index contributed by atoms with van der Waals surface area (Å²) < 4.78 is 10.9. The molecule has 3 heteroatoms. The second kappa shape index (κ2) is 4.97. The SMILES string of the molecule is CNC1CCCC1CCS(C)=O. The van der Waals surface area contributed by atoms with Crippen molar-refractivity contribution in [2.75, 3.05) is 19.1 Å². The molecule has 1 aliphatic carbocycles. The molecule has 0 spiro atoms. The van der Waals surface area contributed by atoms with Crippen molar-refractivity contribution in [1.82, 2.24) is 5.32 Å². The van der Waals surface area contributed by atoms with Crippen LogP contribution in [0.2, 0.25) is 0 Å². The zero-order chi connectivity index (χ0) is 8.97. The van der Waals surface area contributed by atoms with Crippen LogP contribution in [0.4, 0.5) is 0 Å². The lowest BCUT2D eigenvalue weighted by Gasteiger charge is -2.17. The van der Waals surface area contributed by atoms with Gasteiger partial charge in [-0.3, -0.25) is 4.21 Å². The number of nitrogens with one attached hydrogen (secondary N) is 1. The Morgan fingerprint density at radius 1 is 1.50 bits per heavy atom. The molecule has 1 saturated carbocycles. The zero-order valence-electron chi connectivity index (χ0n) is 8.01. The molecule has 3 atom stereocenters. The molecule has 0 aromatic carbocycles. The summed E-state index contributed by atoms with van der Waals surface area (Å²) in [5.74, 6) is 1.65. The monoisotopic (exact) mass is 189 g/mol. The highest BCUT2D eigenvalue weighted by Crippen LogP contribution is 2.28. The number of hydrogen-bond donors (Lipinski definition) is 1. The lowest BCUT2D eigenvalue weighted by Crippen LogP contribution is -2.29. The van der Waals surface area contributed by atoms with Crippen LogP contribution < -0.4 is 5.32 Å². The van der Waals surface area contributed by atoms with Gasteiger partial charge in [0, 0.05) is 28.9 Å². The van der Waals surface area contributed by atoms with Crippen LogP contribution in [0.15, 0.2) is 0 Å². The zero-order valence-corrected chi connectivity index (χ0v) is 8.82. The molecule has 0 radical (unpaired) electrons. The van der Waals surface area contributed by atoms with Crippen LogP contribution in [0, 0.1) is 5.92 Å². The Hall–Kier alpha value is 0.110. The van der Waals surface area contributed by atoms with Crippen LogP contribution in [-0.4, -0.2) is 29.3 Å². The first-order chi connectivity index (χ1) is 5.74. The molecule has 0 aromatic rings. The third-order valence-corrected chi connectivity index (χ3v) is 3.62. The maximum atomic E-state index is 10.9. The van der Waals surface area contributed by atoms with Crippen molar-refractivity contribution in [1.29, 1.82) is 0 Å². The highest BCUT2D eigenvalue weighted by molar-refractivity contribution is 7.84. The van der Waals surface area contributed by atoms with E-state index in [9.17, 15) is 4.21 Å². The van der Waals surface area contributed by atoms with E-state index in [2.05, 4.69) is 5.32 Å². The van der Waals surface area contributed by atoms with E-state index in [0.29, 0.717) is 6.04 Å². The van der Waals surface area contributed by atoms with E-state index in [0.717, 1.165) is 18.1 Å². The van der Waals surface area contributed by atoms with Crippen molar-refractivity contribution < 1.29 is 4.21 Å². The summed E-state index contributed by atoms with van der Waals surface area (Å²) in [7, 11) is 1.43. The van der Waals surface area contributed by atoms with E-state index in [1.165, 1.54) is 19.3 Å². The fourth-order valence-corrected chi connectivity index (χ4v) is 2.71. The molecule has 0 aromatic heterocycles. The maximum absolute atomic E-state index is 10.9. The third-order valence-electron chi connectivity index (χ3n) is 2.81. The fourth-order valence-electron chi connectivity index (χ4n) is 2.08. The predicted molar refractivity (Wildman–Crippen MR) is 53.7 cm³/mol. The van der Waals surface area contributed by atoms with E-state index in [4.69, 9.17) is 0 Å². The van der Waals surface area contributed by atoms with Crippen LogP contribution in [-0.2, 0) is 10.8 Å². The highest BCUT2D eigenvalue weighted by Gasteiger charge is 2.25. The Labute approximate surface area is 77.6 Å². The molecule has 0 amide bonds. The molecule has 0 heterocycles. The molecule has 12 heavy (non-hydrogen) atoms. The summed E-state index contributed by atoms with van der Waals surface area (Å²) in [5, 5.41) is 3.34. The number of rotatable bonds is 4. The van der Waals surface area contributed by atoms with Crippen LogP contribution in [0.25, 0.3) is 0 Å². The summed E-state index contributed by atoms with van der Waals surface area (Å²) in [6.07, 6.45) is 6.89. The Bertz CT molecular complexity index is 161. The lowest BCUT2D eigenvalue weighted by molar-refractivity contribution is 0.416. The Morgan fingerprint density at radius 2 is 2.25 bits per heavy atom. The van der Waals surface area contributed by atoms with Crippen molar-refractivity contribution >= 4 is 10.8 Å². The second-order valence-electron chi connectivity index (χ2n) is 3.65. The lowest BCUT2D eigenvalue weighted by atomic mass is 10.0. The molecule has 0 aliphatic heterocycles. The molecule has 0 bridgehead atoms. The van der Waals surface area contributed by atoms with Gasteiger partial charge < -0.3 is 5.32 Å². The Balaban J connectivity index is 2.26. The molecule has 1 aliphatic rings. The van der Waals surface area contributed by atoms with Gasteiger partial charge in [-0.2, -0.15) is 0 Å². The molecular weight excluding hydrogens is 170 g/mol. The fraction of sp³-hybridized carbons (Fsp3) is 1.00. The quantitative estimate of drug-likeness (QED) is 0.718. The van der Waals surface area contributed by atoms with E-state index >= 15 is 0 Å².